The van der Waals surface area contributed by atoms with Crippen LogP contribution < -0.4 is 11.1 Å². The van der Waals surface area contributed by atoms with Crippen molar-refractivity contribution in [1.29, 1.82) is 0 Å². The van der Waals surface area contributed by atoms with Crippen LogP contribution in [0.1, 0.15) is 44.9 Å². The third-order valence-corrected chi connectivity index (χ3v) is 4.58. The summed E-state index contributed by atoms with van der Waals surface area (Å²) in [5.41, 5.74) is 5.15. The predicted molar refractivity (Wildman–Crippen MR) is 78.1 cm³/mol. The summed E-state index contributed by atoms with van der Waals surface area (Å²) in [6, 6.07) is 2.55. The van der Waals surface area contributed by atoms with Gasteiger partial charge in [0.1, 0.15) is 5.82 Å². The lowest BCUT2D eigenvalue weighted by atomic mass is 9.83. The molecule has 1 aromatic rings. The normalized spacial score (nSPS) is 26.4. The highest BCUT2D eigenvalue weighted by molar-refractivity contribution is 5.73. The van der Waals surface area contributed by atoms with Crippen LogP contribution in [0.2, 0.25) is 0 Å². The van der Waals surface area contributed by atoms with E-state index in [1.807, 2.05) is 12.3 Å². The summed E-state index contributed by atoms with van der Waals surface area (Å²) in [7, 11) is 0. The molecule has 110 valence electrons. The Balaban J connectivity index is 1.50. The van der Waals surface area contributed by atoms with Crippen LogP contribution in [-0.4, -0.2) is 21.7 Å². The molecule has 0 radical (unpaired) electrons. The summed E-state index contributed by atoms with van der Waals surface area (Å²) in [5, 5.41) is 8.01. The lowest BCUT2D eigenvalue weighted by Gasteiger charge is -2.29. The number of aryl methyl sites for hydroxylation is 1. The average Bonchev–Trinajstić information content (AvgIpc) is 3.19. The lowest BCUT2D eigenvalue weighted by molar-refractivity contribution is -0.118. The first-order valence-corrected chi connectivity index (χ1v) is 7.79. The molecule has 3 rings (SSSR count). The van der Waals surface area contributed by atoms with Crippen molar-refractivity contribution in [3.05, 3.63) is 12.3 Å². The number of primary amides is 1. The van der Waals surface area contributed by atoms with Gasteiger partial charge in [-0.25, -0.2) is 0 Å². The molecule has 0 saturated heterocycles. The standard InChI is InChI=1S/C15H24N4O/c16-14(20)6-8-19-9-7-15(18-19)17-13-3-1-2-12(10-13)11-4-5-11/h7,9,11-13H,1-6,8,10H2,(H2,16,20)(H,17,18)/t12-,13-/m1/s1. The van der Waals surface area contributed by atoms with Crippen molar-refractivity contribution < 1.29 is 4.79 Å². The summed E-state index contributed by atoms with van der Waals surface area (Å²) in [6.45, 7) is 0.562. The van der Waals surface area contributed by atoms with E-state index in [0.717, 1.165) is 17.7 Å². The molecule has 0 spiro atoms. The van der Waals surface area contributed by atoms with Gasteiger partial charge in [-0.3, -0.25) is 9.48 Å². The van der Waals surface area contributed by atoms with Gasteiger partial charge in [0, 0.05) is 31.3 Å². The predicted octanol–water partition coefficient (Wildman–Crippen LogP) is 2.14. The van der Waals surface area contributed by atoms with Crippen LogP contribution in [-0.2, 0) is 11.3 Å². The Morgan fingerprint density at radius 1 is 1.35 bits per heavy atom. The van der Waals surface area contributed by atoms with Crippen molar-refractivity contribution in [3.63, 3.8) is 0 Å². The van der Waals surface area contributed by atoms with Crippen molar-refractivity contribution >= 4 is 11.7 Å². The second kappa shape index (κ2) is 5.85. The van der Waals surface area contributed by atoms with Gasteiger partial charge in [0.05, 0.1) is 0 Å². The van der Waals surface area contributed by atoms with E-state index in [2.05, 4.69) is 10.4 Å². The highest BCUT2D eigenvalue weighted by Gasteiger charge is 2.34. The Labute approximate surface area is 119 Å². The van der Waals surface area contributed by atoms with Gasteiger partial charge in [-0.2, -0.15) is 5.10 Å². The van der Waals surface area contributed by atoms with Crippen molar-refractivity contribution in [2.24, 2.45) is 17.6 Å². The first-order chi connectivity index (χ1) is 9.70. The summed E-state index contributed by atoms with van der Waals surface area (Å²) >= 11 is 0. The van der Waals surface area contributed by atoms with Crippen LogP contribution in [0, 0.1) is 11.8 Å². The summed E-state index contributed by atoms with van der Waals surface area (Å²) in [6.07, 6.45) is 10.4. The van der Waals surface area contributed by atoms with Crippen molar-refractivity contribution in [1.82, 2.24) is 9.78 Å². The number of nitrogens with one attached hydrogen (secondary N) is 1. The second-order valence-corrected chi connectivity index (χ2v) is 6.29. The van der Waals surface area contributed by atoms with Crippen molar-refractivity contribution in [2.45, 2.75) is 57.5 Å². The first kappa shape index (κ1) is 13.5. The zero-order chi connectivity index (χ0) is 13.9. The minimum atomic E-state index is -0.283. The summed E-state index contributed by atoms with van der Waals surface area (Å²) < 4.78 is 1.79. The largest absolute Gasteiger partial charge is 0.370 e. The van der Waals surface area contributed by atoms with Gasteiger partial charge in [-0.05, 0) is 37.5 Å². The molecule has 2 aliphatic carbocycles. The van der Waals surface area contributed by atoms with Crippen LogP contribution in [0.25, 0.3) is 0 Å². The third-order valence-electron chi connectivity index (χ3n) is 4.58. The number of carbonyl (C=O) groups is 1. The maximum atomic E-state index is 10.8. The SMILES string of the molecule is NC(=O)CCn1ccc(N[C@@H]2CCC[C@@H](C3CC3)C2)n1. The topological polar surface area (TPSA) is 72.9 Å². The molecule has 0 unspecified atom stereocenters. The molecule has 20 heavy (non-hydrogen) atoms. The van der Waals surface area contributed by atoms with E-state index >= 15 is 0 Å². The van der Waals surface area contributed by atoms with E-state index in [0.29, 0.717) is 19.0 Å². The number of hydrogen-bond donors (Lipinski definition) is 2. The monoisotopic (exact) mass is 276 g/mol. The molecule has 5 heteroatoms. The highest BCUT2D eigenvalue weighted by atomic mass is 16.1. The lowest BCUT2D eigenvalue weighted by Crippen LogP contribution is -2.28. The number of anilines is 1. The average molecular weight is 276 g/mol. The number of hydrogen-bond acceptors (Lipinski definition) is 3. The number of nitrogens with two attached hydrogens (primary N) is 1. The van der Waals surface area contributed by atoms with Gasteiger partial charge in [0.25, 0.3) is 0 Å². The van der Waals surface area contributed by atoms with E-state index in [9.17, 15) is 4.79 Å². The van der Waals surface area contributed by atoms with Crippen molar-refractivity contribution in [3.8, 4) is 0 Å². The molecule has 2 atom stereocenters. The Hall–Kier alpha value is -1.52. The molecule has 2 saturated carbocycles. The number of carbonyl (C=O) groups excluding carboxylic acids is 1. The minimum absolute atomic E-state index is 0.283. The van der Waals surface area contributed by atoms with Crippen LogP contribution in [0.4, 0.5) is 5.82 Å². The molecular weight excluding hydrogens is 252 g/mol. The summed E-state index contributed by atoms with van der Waals surface area (Å²) in [4.78, 5) is 10.8. The van der Waals surface area contributed by atoms with E-state index in [-0.39, 0.29) is 5.91 Å². The Morgan fingerprint density at radius 2 is 2.20 bits per heavy atom. The molecule has 0 bridgehead atoms. The van der Waals surface area contributed by atoms with Crippen LogP contribution >= 0.6 is 0 Å². The fraction of sp³-hybridized carbons (Fsp3) is 0.733. The van der Waals surface area contributed by atoms with E-state index < -0.39 is 0 Å². The second-order valence-electron chi connectivity index (χ2n) is 6.29. The van der Waals surface area contributed by atoms with E-state index in [1.165, 1.54) is 38.5 Å². The maximum absolute atomic E-state index is 10.8. The van der Waals surface area contributed by atoms with Gasteiger partial charge in [-0.15, -0.1) is 0 Å². The van der Waals surface area contributed by atoms with Gasteiger partial charge < -0.3 is 11.1 Å². The molecule has 0 aliphatic heterocycles. The number of amides is 1. The smallest absolute Gasteiger partial charge is 0.219 e. The molecule has 5 nitrogen and oxygen atoms in total. The van der Waals surface area contributed by atoms with E-state index in [1.54, 1.807) is 4.68 Å². The van der Waals surface area contributed by atoms with Crippen LogP contribution in [0.3, 0.4) is 0 Å². The maximum Gasteiger partial charge on any atom is 0.219 e. The number of rotatable bonds is 6. The molecule has 0 aromatic carbocycles. The van der Waals surface area contributed by atoms with Gasteiger partial charge >= 0.3 is 0 Å². The van der Waals surface area contributed by atoms with Gasteiger partial charge in [-0.1, -0.05) is 12.8 Å². The minimum Gasteiger partial charge on any atom is -0.370 e. The highest BCUT2D eigenvalue weighted by Crippen LogP contribution is 2.44. The molecule has 2 aliphatic rings. The van der Waals surface area contributed by atoms with E-state index in [4.69, 9.17) is 5.73 Å². The quantitative estimate of drug-likeness (QED) is 0.836. The fourth-order valence-corrected chi connectivity index (χ4v) is 3.35. The molecule has 2 fully saturated rings. The molecular formula is C15H24N4O. The van der Waals surface area contributed by atoms with Crippen LogP contribution in [0.5, 0.6) is 0 Å². The Morgan fingerprint density at radius 3 is 2.95 bits per heavy atom. The molecule has 3 N–H and O–H groups in total. The molecule has 1 heterocycles. The number of aromatic nitrogens is 2. The molecule has 1 aromatic heterocycles. The first-order valence-electron chi connectivity index (χ1n) is 7.79. The number of nitrogens with zero attached hydrogens (tertiary/aromatic N) is 2. The Bertz CT molecular complexity index is 466. The van der Waals surface area contributed by atoms with Gasteiger partial charge in [0.15, 0.2) is 0 Å². The molecule has 1 amide bonds. The zero-order valence-electron chi connectivity index (χ0n) is 11.9. The fourth-order valence-electron chi connectivity index (χ4n) is 3.35. The van der Waals surface area contributed by atoms with Crippen LogP contribution in [0.15, 0.2) is 12.3 Å². The zero-order valence-corrected chi connectivity index (χ0v) is 11.9. The Kier molecular flexibility index (Phi) is 3.94. The van der Waals surface area contributed by atoms with Gasteiger partial charge in [0.2, 0.25) is 5.91 Å². The summed E-state index contributed by atoms with van der Waals surface area (Å²) in [5.74, 6) is 2.58. The third kappa shape index (κ3) is 3.52. The van der Waals surface area contributed by atoms with Crippen molar-refractivity contribution in [2.75, 3.05) is 5.32 Å².